The molecule has 52 heavy (non-hydrogen) atoms. The minimum atomic E-state index is 0.709. The van der Waals surface area contributed by atoms with Gasteiger partial charge in [0.2, 0.25) is 0 Å². The maximum atomic E-state index is 6.58. The smallest absolute Gasteiger partial charge is 0.180 e. The molecule has 0 spiro atoms. The van der Waals surface area contributed by atoms with Crippen LogP contribution in [0.3, 0.4) is 0 Å². The van der Waals surface area contributed by atoms with Crippen LogP contribution in [-0.4, -0.2) is 9.13 Å². The molecule has 0 amide bonds. The molecular weight excluding hydrogens is 645 g/mol. The first kappa shape index (κ1) is 27.6. The highest BCUT2D eigenvalue weighted by Gasteiger charge is 2.28. The lowest BCUT2D eigenvalue weighted by Gasteiger charge is -2.22. The van der Waals surface area contributed by atoms with Crippen LogP contribution >= 0.6 is 0 Å². The molecule has 10 aromatic rings. The molecule has 244 valence electrons. The highest BCUT2D eigenvalue weighted by Crippen LogP contribution is 2.53. The highest BCUT2D eigenvalue weighted by molar-refractivity contribution is 6.16. The normalized spacial score (nSPS) is 12.8. The molecule has 0 saturated heterocycles. The van der Waals surface area contributed by atoms with E-state index in [1.165, 1.54) is 0 Å². The van der Waals surface area contributed by atoms with E-state index in [4.69, 9.17) is 18.9 Å². The second-order valence-electron chi connectivity index (χ2n) is 13.2. The number of hydrogen-bond acceptors (Lipinski definition) is 4. The molecule has 6 nitrogen and oxygen atoms in total. The summed E-state index contributed by atoms with van der Waals surface area (Å²) in [5, 5.41) is 6.49. The molecule has 0 aliphatic carbocycles. The fourth-order valence-electron chi connectivity index (χ4n) is 8.25. The second kappa shape index (κ2) is 10.2. The Hall–Kier alpha value is -7.18. The van der Waals surface area contributed by atoms with E-state index in [1.54, 1.807) is 0 Å². The topological polar surface area (TPSA) is 46.8 Å². The van der Waals surface area contributed by atoms with Gasteiger partial charge in [0.05, 0.1) is 44.2 Å². The summed E-state index contributed by atoms with van der Waals surface area (Å²) < 4.78 is 30.6. The first-order valence-corrected chi connectivity index (χ1v) is 17.3. The molecule has 6 heteroatoms. The Kier molecular flexibility index (Phi) is 5.41. The van der Waals surface area contributed by atoms with Gasteiger partial charge >= 0.3 is 0 Å². The maximum Gasteiger partial charge on any atom is 0.180 e. The zero-order valence-corrected chi connectivity index (χ0v) is 27.5. The second-order valence-corrected chi connectivity index (χ2v) is 13.2. The highest BCUT2D eigenvalue weighted by atomic mass is 16.6. The minimum Gasteiger partial charge on any atom is -0.449 e. The van der Waals surface area contributed by atoms with Crippen LogP contribution in [0.5, 0.6) is 46.0 Å². The lowest BCUT2D eigenvalue weighted by Crippen LogP contribution is -2.02. The van der Waals surface area contributed by atoms with Crippen molar-refractivity contribution >= 4 is 54.4 Å². The fourth-order valence-corrected chi connectivity index (χ4v) is 8.25. The van der Waals surface area contributed by atoms with Crippen molar-refractivity contribution in [2.75, 3.05) is 0 Å². The molecule has 2 aromatic heterocycles. The largest absolute Gasteiger partial charge is 0.449 e. The molecule has 0 bridgehead atoms. The van der Waals surface area contributed by atoms with Crippen molar-refractivity contribution in [2.45, 2.75) is 0 Å². The molecule has 0 unspecified atom stereocenters. The van der Waals surface area contributed by atoms with E-state index in [9.17, 15) is 0 Å². The van der Waals surface area contributed by atoms with Gasteiger partial charge in [-0.1, -0.05) is 84.9 Å². The van der Waals surface area contributed by atoms with Gasteiger partial charge in [-0.25, -0.2) is 0 Å². The van der Waals surface area contributed by atoms with Crippen molar-refractivity contribution in [1.82, 2.24) is 9.13 Å². The molecule has 2 aliphatic rings. The fraction of sp³-hybridized carbons (Fsp3) is 0. The average Bonchev–Trinajstić information content (AvgIpc) is 3.72. The summed E-state index contributed by atoms with van der Waals surface area (Å²) in [6.07, 6.45) is 0. The summed E-state index contributed by atoms with van der Waals surface area (Å²) in [6.45, 7) is 0. The van der Waals surface area contributed by atoms with E-state index >= 15 is 0 Å². The zero-order valence-electron chi connectivity index (χ0n) is 27.5. The number of ether oxygens (including phenoxy) is 4. The van der Waals surface area contributed by atoms with Crippen LogP contribution in [0.4, 0.5) is 0 Å². The van der Waals surface area contributed by atoms with E-state index in [-0.39, 0.29) is 0 Å². The Labute approximate surface area is 296 Å². The molecular formula is C46H26N2O4. The molecule has 12 rings (SSSR count). The third-order valence-electron chi connectivity index (χ3n) is 10.4. The van der Waals surface area contributed by atoms with E-state index < -0.39 is 0 Å². The van der Waals surface area contributed by atoms with Crippen LogP contribution in [0.25, 0.3) is 65.8 Å². The predicted octanol–water partition coefficient (Wildman–Crippen LogP) is 12.8. The lowest BCUT2D eigenvalue weighted by molar-refractivity contribution is 0.363. The van der Waals surface area contributed by atoms with Crippen LogP contribution in [-0.2, 0) is 0 Å². The Morgan fingerprint density at radius 1 is 0.269 bits per heavy atom. The van der Waals surface area contributed by atoms with Gasteiger partial charge in [-0.2, -0.15) is 0 Å². The first-order chi connectivity index (χ1) is 25.8. The average molecular weight is 671 g/mol. The number of rotatable bonds is 2. The molecule has 4 heterocycles. The Balaban J connectivity index is 1.11. The molecule has 0 N–H and O–H groups in total. The van der Waals surface area contributed by atoms with E-state index in [1.807, 2.05) is 60.7 Å². The van der Waals surface area contributed by atoms with Gasteiger partial charge in [-0.3, -0.25) is 0 Å². The Morgan fingerprint density at radius 2 is 0.635 bits per heavy atom. The van der Waals surface area contributed by atoms with Gasteiger partial charge in [-0.15, -0.1) is 0 Å². The van der Waals surface area contributed by atoms with Crippen LogP contribution in [0, 0.1) is 0 Å². The van der Waals surface area contributed by atoms with Crippen LogP contribution in [0.1, 0.15) is 0 Å². The number of nitrogens with zero attached hydrogens (tertiary/aromatic N) is 2. The summed E-state index contributed by atoms with van der Waals surface area (Å²) in [5.74, 6) is 5.74. The van der Waals surface area contributed by atoms with Gasteiger partial charge < -0.3 is 28.1 Å². The third kappa shape index (κ3) is 3.67. The SMILES string of the molecule is c1ccc2c(c1)Oc1ccc3c(c1O2)c1ccccc1n3-c1ccc(-n2c3ccccc3c3c4c(ccc32)Oc2ccccc2O4)c2ccccc12. The van der Waals surface area contributed by atoms with Gasteiger partial charge in [0.1, 0.15) is 0 Å². The van der Waals surface area contributed by atoms with Crippen molar-refractivity contribution in [3.63, 3.8) is 0 Å². The van der Waals surface area contributed by atoms with Crippen LogP contribution in [0.2, 0.25) is 0 Å². The summed E-state index contributed by atoms with van der Waals surface area (Å²) in [7, 11) is 0. The van der Waals surface area contributed by atoms with Crippen LogP contribution in [0.15, 0.2) is 158 Å². The van der Waals surface area contributed by atoms with E-state index in [2.05, 4.69) is 106 Å². The molecule has 0 atom stereocenters. The number of fused-ring (bicyclic) bond motifs is 13. The van der Waals surface area contributed by atoms with Crippen molar-refractivity contribution in [1.29, 1.82) is 0 Å². The minimum absolute atomic E-state index is 0.709. The van der Waals surface area contributed by atoms with Gasteiger partial charge in [-0.05, 0) is 72.8 Å². The van der Waals surface area contributed by atoms with Crippen molar-refractivity contribution in [2.24, 2.45) is 0 Å². The van der Waals surface area contributed by atoms with Crippen LogP contribution < -0.4 is 18.9 Å². The van der Waals surface area contributed by atoms with Gasteiger partial charge in [0, 0.05) is 21.5 Å². The zero-order chi connectivity index (χ0) is 33.9. The molecule has 0 radical (unpaired) electrons. The Bertz CT molecular complexity index is 2940. The van der Waals surface area contributed by atoms with Crippen molar-refractivity contribution in [3.05, 3.63) is 158 Å². The quantitative estimate of drug-likeness (QED) is 0.184. The summed E-state index contributed by atoms with van der Waals surface area (Å²) >= 11 is 0. The Morgan fingerprint density at radius 3 is 1.08 bits per heavy atom. The maximum absolute atomic E-state index is 6.58. The molecule has 0 saturated carbocycles. The summed E-state index contributed by atoms with van der Waals surface area (Å²) in [6, 6.07) is 54.1. The standard InChI is InChI=1S/C46H26N2O4/c1-2-12-28-27(11-1)33(47-31-15-5-3-13-29(31)43-35(47)23-25-41-45(43)51-39-19-9-7-17-37(39)49-41)21-22-34(28)48-32-16-6-4-14-30(32)44-36(48)24-26-42-46(44)52-40-20-10-8-18-38(40)50-42/h1-26H. The summed E-state index contributed by atoms with van der Waals surface area (Å²) in [5.41, 5.74) is 6.42. The van der Waals surface area contributed by atoms with E-state index in [0.29, 0.717) is 34.5 Å². The number of benzene rings is 8. The monoisotopic (exact) mass is 670 g/mol. The van der Waals surface area contributed by atoms with Crippen molar-refractivity contribution in [3.8, 4) is 57.4 Å². The first-order valence-electron chi connectivity index (χ1n) is 17.3. The molecule has 8 aromatic carbocycles. The molecule has 2 aliphatic heterocycles. The van der Waals surface area contributed by atoms with Gasteiger partial charge in [0.25, 0.3) is 0 Å². The lowest BCUT2D eigenvalue weighted by atomic mass is 10.1. The third-order valence-corrected chi connectivity index (χ3v) is 10.4. The number of hydrogen-bond donors (Lipinski definition) is 0. The predicted molar refractivity (Wildman–Crippen MR) is 206 cm³/mol. The van der Waals surface area contributed by atoms with Gasteiger partial charge in [0.15, 0.2) is 46.0 Å². The molecule has 0 fully saturated rings. The van der Waals surface area contributed by atoms with Crippen molar-refractivity contribution < 1.29 is 18.9 Å². The van der Waals surface area contributed by atoms with E-state index in [0.717, 1.165) is 77.3 Å². The number of aromatic nitrogens is 2. The summed E-state index contributed by atoms with van der Waals surface area (Å²) in [4.78, 5) is 0. The number of para-hydroxylation sites is 6.